The Morgan fingerprint density at radius 2 is 1.36 bits per heavy atom. The smallest absolute Gasteiger partial charge is 0.133 e. The summed E-state index contributed by atoms with van der Waals surface area (Å²) in [6.45, 7) is 8.58. The normalized spacial score (nSPS) is 24.5. The molecule has 3 atom stereocenters. The average Bonchev–Trinajstić information content (AvgIpc) is 3.51. The number of aliphatic hydroxyl groups excluding tert-OH is 1. The maximum Gasteiger partial charge on any atom is 0.133 e. The molecule has 0 aromatic heterocycles. The van der Waals surface area contributed by atoms with E-state index in [4.69, 9.17) is 48.9 Å². The number of thioether (sulfide) groups is 2. The largest absolute Gasteiger partial charge is 0.393 e. The minimum Gasteiger partial charge on any atom is -0.393 e. The molecule has 214 valence electrons. The molecule has 4 nitrogen and oxygen atoms in total. The summed E-state index contributed by atoms with van der Waals surface area (Å²) >= 11 is 26.8. The van der Waals surface area contributed by atoms with E-state index < -0.39 is 6.10 Å². The van der Waals surface area contributed by atoms with E-state index in [1.165, 1.54) is 9.81 Å². The van der Waals surface area contributed by atoms with Gasteiger partial charge in [0, 0.05) is 35.8 Å². The number of Topliss-reactive ketones (excluding diaryl/α,β-unsaturated/α-hetero) is 1. The molecule has 0 aromatic rings. The molecule has 4 aliphatic rings. The van der Waals surface area contributed by atoms with Crippen molar-refractivity contribution in [3.8, 4) is 0 Å². The summed E-state index contributed by atoms with van der Waals surface area (Å²) in [4.78, 5) is 23.0. The molecule has 2 saturated heterocycles. The number of thiocarbonyl (C=S) groups is 4. The molecule has 0 saturated carbocycles. The molecule has 1 N–H and O–H groups in total. The molecule has 4 aliphatic heterocycles. The lowest BCUT2D eigenvalue weighted by Gasteiger charge is -2.44. The number of hydrogen-bond donors (Lipinski definition) is 1. The molecule has 10 heteroatoms. The van der Waals surface area contributed by atoms with E-state index >= 15 is 0 Å². The fourth-order valence-corrected chi connectivity index (χ4v) is 10.9. The number of nitrogens with zero attached hydrogens (tertiary/aromatic N) is 2. The Hall–Kier alpha value is -0.230. The third kappa shape index (κ3) is 7.23. The zero-order valence-electron chi connectivity index (χ0n) is 23.4. The minimum absolute atomic E-state index is 0.234. The summed E-state index contributed by atoms with van der Waals surface area (Å²) in [5.74, 6) is 3.04. The van der Waals surface area contributed by atoms with Gasteiger partial charge in [0.25, 0.3) is 0 Å². The number of carbonyl (C=O) groups excluding carboxylic acids is 1. The van der Waals surface area contributed by atoms with Crippen molar-refractivity contribution >= 4 is 98.1 Å². The lowest BCUT2D eigenvalue weighted by Crippen LogP contribution is -2.53. The highest BCUT2D eigenvalue weighted by Gasteiger charge is 2.42. The predicted octanol–water partition coefficient (Wildman–Crippen LogP) is 7.42. The van der Waals surface area contributed by atoms with Gasteiger partial charge in [-0.15, -0.1) is 23.5 Å². The van der Waals surface area contributed by atoms with Crippen LogP contribution in [0, 0.1) is 11.8 Å². The maximum atomic E-state index is 12.8. The lowest BCUT2D eigenvalue weighted by molar-refractivity contribution is -0.119. The van der Waals surface area contributed by atoms with Crippen LogP contribution >= 0.6 is 72.4 Å². The predicted molar refractivity (Wildman–Crippen MR) is 183 cm³/mol. The number of fused-ring (bicyclic) bond motifs is 2. The molecular weight excluding hydrogens is 601 g/mol. The van der Waals surface area contributed by atoms with Crippen LogP contribution < -0.4 is 0 Å². The van der Waals surface area contributed by atoms with Crippen LogP contribution in [0.4, 0.5) is 0 Å². The van der Waals surface area contributed by atoms with E-state index in [2.05, 4.69) is 49.6 Å². The van der Waals surface area contributed by atoms with Crippen LogP contribution in [-0.4, -0.2) is 69.3 Å². The van der Waals surface area contributed by atoms with Gasteiger partial charge in [0.15, 0.2) is 0 Å². The molecule has 0 spiro atoms. The first-order valence-corrected chi connectivity index (χ1v) is 17.6. The van der Waals surface area contributed by atoms with E-state index in [-0.39, 0.29) is 16.9 Å². The summed E-state index contributed by atoms with van der Waals surface area (Å²) in [5.41, 5.74) is -0.554. The molecule has 0 aromatic carbocycles. The van der Waals surface area contributed by atoms with E-state index in [1.54, 1.807) is 0 Å². The third-order valence-electron chi connectivity index (χ3n) is 8.36. The van der Waals surface area contributed by atoms with Crippen LogP contribution in [0.3, 0.4) is 0 Å². The second kappa shape index (κ2) is 13.0. The standard InChI is InChI=1S/C29H40N2O2S6/c1-28(2,30-24(34)16-22-20(26(30)36)10-14-38-22)12-8-18(32)6-5-7-19(33)9-13-29(3,4)31-25(35)17-23-21(27(31)37)11-15-39-23/h16-18,20-21,32H,5-15H2,1-4H3. The molecular formula is C29H40N2O2S6. The molecule has 0 bridgehead atoms. The number of aliphatic hydroxyl groups is 1. The van der Waals surface area contributed by atoms with Gasteiger partial charge in [0.2, 0.25) is 0 Å². The van der Waals surface area contributed by atoms with Crippen LogP contribution in [0.15, 0.2) is 22.0 Å². The fraction of sp³-hybridized carbons (Fsp3) is 0.690. The molecule has 0 aliphatic carbocycles. The summed E-state index contributed by atoms with van der Waals surface area (Å²) in [6, 6.07) is 0. The molecule has 4 heterocycles. The van der Waals surface area contributed by atoms with Crippen molar-refractivity contribution in [2.24, 2.45) is 11.8 Å². The Bertz CT molecular complexity index is 1110. The number of carbonyl (C=O) groups is 1. The van der Waals surface area contributed by atoms with Crippen LogP contribution in [0.1, 0.15) is 85.5 Å². The van der Waals surface area contributed by atoms with Gasteiger partial charge < -0.3 is 14.9 Å². The Kier molecular flexibility index (Phi) is 10.5. The summed E-state index contributed by atoms with van der Waals surface area (Å²) in [6.07, 6.45) is 10.4. The highest BCUT2D eigenvalue weighted by atomic mass is 32.2. The van der Waals surface area contributed by atoms with Crippen molar-refractivity contribution in [3.05, 3.63) is 22.0 Å². The summed E-state index contributed by atoms with van der Waals surface area (Å²) < 4.78 is 0. The van der Waals surface area contributed by atoms with Gasteiger partial charge in [-0.25, -0.2) is 0 Å². The summed E-state index contributed by atoms with van der Waals surface area (Å²) in [7, 11) is 0. The average molecular weight is 641 g/mol. The zero-order chi connectivity index (χ0) is 28.5. The van der Waals surface area contributed by atoms with E-state index in [0.29, 0.717) is 50.4 Å². The lowest BCUT2D eigenvalue weighted by atomic mass is 9.89. The second-order valence-corrected chi connectivity index (χ2v) is 16.3. The quantitative estimate of drug-likeness (QED) is 0.218. The Labute approximate surface area is 264 Å². The van der Waals surface area contributed by atoms with Crippen LogP contribution in [0.2, 0.25) is 0 Å². The highest BCUT2D eigenvalue weighted by molar-refractivity contribution is 8.03. The van der Waals surface area contributed by atoms with Crippen LogP contribution in [0.25, 0.3) is 0 Å². The van der Waals surface area contributed by atoms with Gasteiger partial charge in [-0.1, -0.05) is 48.9 Å². The third-order valence-corrected chi connectivity index (χ3v) is 12.2. The first-order valence-electron chi connectivity index (χ1n) is 14.0. The molecule has 0 radical (unpaired) electrons. The highest BCUT2D eigenvalue weighted by Crippen LogP contribution is 2.44. The second-order valence-electron chi connectivity index (χ2n) is 12.2. The van der Waals surface area contributed by atoms with Gasteiger partial charge in [0.05, 0.1) is 16.1 Å². The number of rotatable bonds is 12. The van der Waals surface area contributed by atoms with Crippen molar-refractivity contribution in [1.29, 1.82) is 0 Å². The number of ketones is 1. The van der Waals surface area contributed by atoms with Crippen LogP contribution in [-0.2, 0) is 4.79 Å². The van der Waals surface area contributed by atoms with Gasteiger partial charge in [-0.3, -0.25) is 4.79 Å². The van der Waals surface area contributed by atoms with E-state index in [0.717, 1.165) is 50.7 Å². The van der Waals surface area contributed by atoms with E-state index in [9.17, 15) is 9.90 Å². The molecule has 39 heavy (non-hydrogen) atoms. The van der Waals surface area contributed by atoms with Gasteiger partial charge in [-0.05, 0) is 106 Å². The topological polar surface area (TPSA) is 43.8 Å². The Morgan fingerprint density at radius 1 is 0.872 bits per heavy atom. The summed E-state index contributed by atoms with van der Waals surface area (Å²) in [5, 5.41) is 10.7. The monoisotopic (exact) mass is 640 g/mol. The van der Waals surface area contributed by atoms with Crippen molar-refractivity contribution < 1.29 is 9.90 Å². The van der Waals surface area contributed by atoms with Gasteiger partial charge in [0.1, 0.15) is 15.8 Å². The molecule has 2 fully saturated rings. The Morgan fingerprint density at radius 3 is 1.87 bits per heavy atom. The van der Waals surface area contributed by atoms with Crippen molar-refractivity contribution in [3.63, 3.8) is 0 Å². The Balaban J connectivity index is 1.19. The van der Waals surface area contributed by atoms with Crippen LogP contribution in [0.5, 0.6) is 0 Å². The zero-order valence-corrected chi connectivity index (χ0v) is 28.3. The van der Waals surface area contributed by atoms with E-state index in [1.807, 2.05) is 23.5 Å². The SMILES string of the molecule is CC(C)(CCC(=O)CCCC(O)CCC(C)(C)N1C(=S)C=C2SCCC2C1=S)N1C(=S)C=C2SCCC2C1=S. The van der Waals surface area contributed by atoms with Crippen molar-refractivity contribution in [1.82, 2.24) is 9.80 Å². The molecule has 3 unspecified atom stereocenters. The first kappa shape index (κ1) is 31.7. The van der Waals surface area contributed by atoms with Gasteiger partial charge in [-0.2, -0.15) is 0 Å². The first-order chi connectivity index (χ1) is 18.3. The van der Waals surface area contributed by atoms with Gasteiger partial charge >= 0.3 is 0 Å². The molecule has 0 amide bonds. The minimum atomic E-state index is -0.443. The van der Waals surface area contributed by atoms with Crippen molar-refractivity contribution in [2.45, 2.75) is 103 Å². The fourth-order valence-electron chi connectivity index (χ4n) is 5.94. The maximum absolute atomic E-state index is 12.8. The van der Waals surface area contributed by atoms with Crippen molar-refractivity contribution in [2.75, 3.05) is 11.5 Å². The molecule has 4 rings (SSSR count). The number of hydrogen-bond acceptors (Lipinski definition) is 8.